The van der Waals surface area contributed by atoms with Crippen LogP contribution in [-0.2, 0) is 6.54 Å². The lowest BCUT2D eigenvalue weighted by atomic mass is 10.1. The molecular weight excluding hydrogens is 212 g/mol. The predicted octanol–water partition coefficient (Wildman–Crippen LogP) is 2.25. The Labute approximate surface area is 104 Å². The maximum atomic E-state index is 9.14. The summed E-state index contributed by atoms with van der Waals surface area (Å²) in [7, 11) is 0. The van der Waals surface area contributed by atoms with Gasteiger partial charge in [0.2, 0.25) is 0 Å². The summed E-state index contributed by atoms with van der Waals surface area (Å²) in [4.78, 5) is 2.34. The molecule has 0 bridgehead atoms. The average molecular weight is 236 g/mol. The highest BCUT2D eigenvalue weighted by Gasteiger charge is 2.14. The molecule has 1 rings (SSSR count). The third-order valence-corrected chi connectivity index (χ3v) is 3.21. The number of aliphatic hydroxyl groups excluding tert-OH is 1. The van der Waals surface area contributed by atoms with Crippen molar-refractivity contribution in [1.29, 1.82) is 0 Å². The third kappa shape index (κ3) is 4.36. The predicted molar refractivity (Wildman–Crippen MR) is 72.7 cm³/mol. The van der Waals surface area contributed by atoms with Gasteiger partial charge in [0.25, 0.3) is 0 Å². The minimum Gasteiger partial charge on any atom is -0.399 e. The van der Waals surface area contributed by atoms with E-state index in [0.717, 1.165) is 31.6 Å². The fourth-order valence-electron chi connectivity index (χ4n) is 2.18. The molecule has 0 spiro atoms. The van der Waals surface area contributed by atoms with Gasteiger partial charge in [-0.15, -0.1) is 0 Å². The second-order valence-corrected chi connectivity index (χ2v) is 4.41. The molecule has 0 heterocycles. The Morgan fingerprint density at radius 3 is 2.24 bits per heavy atom. The van der Waals surface area contributed by atoms with Crippen LogP contribution < -0.4 is 5.73 Å². The number of nitrogens with two attached hydrogens (primary N) is 1. The maximum Gasteiger partial charge on any atom is 0.0558 e. The Bertz CT molecular complexity index is 307. The molecule has 0 saturated heterocycles. The number of benzene rings is 1. The van der Waals surface area contributed by atoms with Gasteiger partial charge in [0.05, 0.1) is 6.61 Å². The van der Waals surface area contributed by atoms with Gasteiger partial charge < -0.3 is 10.8 Å². The van der Waals surface area contributed by atoms with Crippen LogP contribution in [-0.4, -0.2) is 29.2 Å². The van der Waals surface area contributed by atoms with E-state index in [-0.39, 0.29) is 6.61 Å². The summed E-state index contributed by atoms with van der Waals surface area (Å²) in [5.74, 6) is 0. The van der Waals surface area contributed by atoms with Gasteiger partial charge in [-0.25, -0.2) is 0 Å². The first-order valence-corrected chi connectivity index (χ1v) is 6.40. The first kappa shape index (κ1) is 14.0. The van der Waals surface area contributed by atoms with E-state index in [1.807, 2.05) is 12.1 Å². The molecule has 1 aromatic carbocycles. The number of anilines is 1. The van der Waals surface area contributed by atoms with Gasteiger partial charge in [0.15, 0.2) is 0 Å². The maximum absolute atomic E-state index is 9.14. The molecule has 0 fully saturated rings. The number of nitrogen functional groups attached to an aromatic ring is 1. The number of hydrogen-bond acceptors (Lipinski definition) is 3. The number of rotatable bonds is 7. The highest BCUT2D eigenvalue weighted by Crippen LogP contribution is 2.14. The summed E-state index contributed by atoms with van der Waals surface area (Å²) in [6.45, 7) is 6.22. The van der Waals surface area contributed by atoms with Gasteiger partial charge in [-0.2, -0.15) is 0 Å². The number of aliphatic hydroxyl groups is 1. The number of nitrogens with zero attached hydrogens (tertiary/aromatic N) is 1. The normalized spacial score (nSPS) is 11.4. The second kappa shape index (κ2) is 7.30. The van der Waals surface area contributed by atoms with E-state index in [1.54, 1.807) is 0 Å². The smallest absolute Gasteiger partial charge is 0.0558 e. The fraction of sp³-hybridized carbons (Fsp3) is 0.571. The van der Waals surface area contributed by atoms with Crippen LogP contribution in [0, 0.1) is 0 Å². The molecular formula is C14H24N2O. The Hall–Kier alpha value is -1.06. The van der Waals surface area contributed by atoms with Crippen molar-refractivity contribution in [2.45, 2.75) is 39.3 Å². The van der Waals surface area contributed by atoms with E-state index < -0.39 is 0 Å². The zero-order valence-corrected chi connectivity index (χ0v) is 10.9. The lowest BCUT2D eigenvalue weighted by molar-refractivity contribution is 0.136. The van der Waals surface area contributed by atoms with E-state index in [0.29, 0.717) is 6.04 Å². The first-order chi connectivity index (χ1) is 8.21. The van der Waals surface area contributed by atoms with Gasteiger partial charge in [-0.3, -0.25) is 4.90 Å². The van der Waals surface area contributed by atoms with Crippen LogP contribution in [0.4, 0.5) is 5.69 Å². The van der Waals surface area contributed by atoms with E-state index >= 15 is 0 Å². The average Bonchev–Trinajstić information content (AvgIpc) is 2.34. The van der Waals surface area contributed by atoms with E-state index in [9.17, 15) is 0 Å². The zero-order chi connectivity index (χ0) is 12.7. The van der Waals surface area contributed by atoms with Crippen molar-refractivity contribution < 1.29 is 5.11 Å². The molecule has 96 valence electrons. The van der Waals surface area contributed by atoms with E-state index in [4.69, 9.17) is 10.8 Å². The van der Waals surface area contributed by atoms with E-state index in [1.165, 1.54) is 5.56 Å². The largest absolute Gasteiger partial charge is 0.399 e. The monoisotopic (exact) mass is 236 g/mol. The molecule has 0 aliphatic rings. The zero-order valence-electron chi connectivity index (χ0n) is 10.9. The van der Waals surface area contributed by atoms with Crippen LogP contribution >= 0.6 is 0 Å². The molecule has 3 N–H and O–H groups in total. The number of hydrogen-bond donors (Lipinski definition) is 2. The SMILES string of the molecule is CCC(CC)N(CCO)Cc1ccc(N)cc1. The molecule has 0 unspecified atom stereocenters. The van der Waals surface area contributed by atoms with Crippen molar-refractivity contribution in [3.05, 3.63) is 29.8 Å². The summed E-state index contributed by atoms with van der Waals surface area (Å²) in [5, 5.41) is 9.14. The summed E-state index contributed by atoms with van der Waals surface area (Å²) >= 11 is 0. The molecule has 0 aliphatic carbocycles. The van der Waals surface area contributed by atoms with Crippen molar-refractivity contribution in [1.82, 2.24) is 4.90 Å². The molecule has 0 radical (unpaired) electrons. The van der Waals surface area contributed by atoms with Crippen LogP contribution in [0.1, 0.15) is 32.3 Å². The van der Waals surface area contributed by atoms with Crippen LogP contribution in [0.25, 0.3) is 0 Å². The van der Waals surface area contributed by atoms with Crippen LogP contribution in [0.15, 0.2) is 24.3 Å². The minimum absolute atomic E-state index is 0.214. The summed E-state index contributed by atoms with van der Waals surface area (Å²) < 4.78 is 0. The molecule has 0 atom stereocenters. The van der Waals surface area contributed by atoms with Crippen LogP contribution in [0.5, 0.6) is 0 Å². The van der Waals surface area contributed by atoms with Gasteiger partial charge in [0.1, 0.15) is 0 Å². The molecule has 0 aliphatic heterocycles. The fourth-order valence-corrected chi connectivity index (χ4v) is 2.18. The molecule has 17 heavy (non-hydrogen) atoms. The summed E-state index contributed by atoms with van der Waals surface area (Å²) in [6, 6.07) is 8.52. The molecule has 0 saturated carbocycles. The summed E-state index contributed by atoms with van der Waals surface area (Å²) in [5.41, 5.74) is 7.72. The first-order valence-electron chi connectivity index (χ1n) is 6.40. The van der Waals surface area contributed by atoms with Gasteiger partial charge in [-0.05, 0) is 30.5 Å². The highest BCUT2D eigenvalue weighted by atomic mass is 16.3. The van der Waals surface area contributed by atoms with Gasteiger partial charge >= 0.3 is 0 Å². The van der Waals surface area contributed by atoms with Crippen molar-refractivity contribution in [3.8, 4) is 0 Å². The Morgan fingerprint density at radius 2 is 1.76 bits per heavy atom. The Morgan fingerprint density at radius 1 is 1.18 bits per heavy atom. The summed E-state index contributed by atoms with van der Waals surface area (Å²) in [6.07, 6.45) is 2.23. The van der Waals surface area contributed by atoms with E-state index in [2.05, 4.69) is 30.9 Å². The van der Waals surface area contributed by atoms with Crippen LogP contribution in [0.2, 0.25) is 0 Å². The molecule has 3 nitrogen and oxygen atoms in total. The van der Waals surface area contributed by atoms with Crippen molar-refractivity contribution in [2.75, 3.05) is 18.9 Å². The Kier molecular flexibility index (Phi) is 6.01. The van der Waals surface area contributed by atoms with Crippen molar-refractivity contribution >= 4 is 5.69 Å². The quantitative estimate of drug-likeness (QED) is 0.714. The van der Waals surface area contributed by atoms with Crippen molar-refractivity contribution in [3.63, 3.8) is 0 Å². The third-order valence-electron chi connectivity index (χ3n) is 3.21. The van der Waals surface area contributed by atoms with Gasteiger partial charge in [-0.1, -0.05) is 26.0 Å². The van der Waals surface area contributed by atoms with Crippen LogP contribution in [0.3, 0.4) is 0 Å². The standard InChI is InChI=1S/C14H24N2O/c1-3-14(4-2)16(9-10-17)11-12-5-7-13(15)8-6-12/h5-8,14,17H,3-4,9-11,15H2,1-2H3. The minimum atomic E-state index is 0.214. The lowest BCUT2D eigenvalue weighted by Gasteiger charge is -2.29. The molecule has 1 aromatic rings. The molecule has 0 amide bonds. The highest BCUT2D eigenvalue weighted by molar-refractivity contribution is 5.39. The second-order valence-electron chi connectivity index (χ2n) is 4.41. The van der Waals surface area contributed by atoms with Gasteiger partial charge in [0, 0.05) is 24.8 Å². The Balaban J connectivity index is 2.68. The van der Waals surface area contributed by atoms with Crippen molar-refractivity contribution in [2.24, 2.45) is 0 Å². The topological polar surface area (TPSA) is 49.5 Å². The molecule has 3 heteroatoms. The molecule has 0 aromatic heterocycles. The lowest BCUT2D eigenvalue weighted by Crippen LogP contribution is -2.36.